The van der Waals surface area contributed by atoms with E-state index in [1.165, 1.54) is 17.7 Å². The summed E-state index contributed by atoms with van der Waals surface area (Å²) in [5, 5.41) is 3.19. The lowest BCUT2D eigenvalue weighted by Crippen LogP contribution is -2.18. The number of benzene rings is 2. The molecule has 1 aliphatic rings. The van der Waals surface area contributed by atoms with Crippen LogP contribution in [0.4, 0.5) is 14.5 Å². The predicted octanol–water partition coefficient (Wildman–Crippen LogP) is 4.46. The molecule has 21 heavy (non-hydrogen) atoms. The number of aryl methyl sites for hydroxylation is 1. The summed E-state index contributed by atoms with van der Waals surface area (Å²) in [6, 6.07) is 9.63. The number of halogens is 2. The topological polar surface area (TPSA) is 21.3 Å². The third-order valence-electron chi connectivity index (χ3n) is 3.93. The van der Waals surface area contributed by atoms with Gasteiger partial charge in [0.05, 0.1) is 18.8 Å². The standard InChI is InChI=1S/C17H17F2NO/c1-21-13-6-7-14-11(9-13)3-2-4-16(14)20-17-8-5-12(18)10-15(17)19/h5-10,16,20H,2-4H2,1H3. The van der Waals surface area contributed by atoms with Crippen LogP contribution in [0.2, 0.25) is 0 Å². The van der Waals surface area contributed by atoms with Crippen LogP contribution in [0.1, 0.15) is 30.0 Å². The van der Waals surface area contributed by atoms with Gasteiger partial charge in [-0.2, -0.15) is 0 Å². The maximum absolute atomic E-state index is 13.8. The number of ether oxygens (including phenoxy) is 1. The molecule has 0 saturated carbocycles. The molecular weight excluding hydrogens is 272 g/mol. The van der Waals surface area contributed by atoms with E-state index in [9.17, 15) is 8.78 Å². The lowest BCUT2D eigenvalue weighted by molar-refractivity contribution is 0.413. The van der Waals surface area contributed by atoms with Gasteiger partial charge in [-0.05, 0) is 54.7 Å². The Balaban J connectivity index is 1.88. The van der Waals surface area contributed by atoms with Crippen LogP contribution in [0, 0.1) is 11.6 Å². The Kier molecular flexibility index (Phi) is 3.78. The summed E-state index contributed by atoms with van der Waals surface area (Å²) in [5.74, 6) is -0.287. The molecule has 0 aromatic heterocycles. The van der Waals surface area contributed by atoms with Crippen LogP contribution in [0.15, 0.2) is 36.4 Å². The number of anilines is 1. The average molecular weight is 289 g/mol. The molecule has 1 atom stereocenters. The van der Waals surface area contributed by atoms with Gasteiger partial charge in [-0.3, -0.25) is 0 Å². The third-order valence-corrected chi connectivity index (χ3v) is 3.93. The lowest BCUT2D eigenvalue weighted by atomic mass is 9.87. The van der Waals surface area contributed by atoms with Crippen LogP contribution in [-0.2, 0) is 6.42 Å². The van der Waals surface area contributed by atoms with Crippen molar-refractivity contribution in [3.05, 3.63) is 59.2 Å². The molecule has 0 fully saturated rings. The summed E-state index contributed by atoms with van der Waals surface area (Å²) < 4.78 is 32.0. The van der Waals surface area contributed by atoms with Gasteiger partial charge in [0.2, 0.25) is 0 Å². The van der Waals surface area contributed by atoms with Gasteiger partial charge in [0.15, 0.2) is 0 Å². The van der Waals surface area contributed by atoms with Crippen molar-refractivity contribution in [3.8, 4) is 5.75 Å². The Hall–Kier alpha value is -2.10. The molecule has 2 aromatic carbocycles. The molecule has 0 heterocycles. The summed E-state index contributed by atoms with van der Waals surface area (Å²) in [5.41, 5.74) is 2.72. The molecule has 1 aliphatic carbocycles. The first kappa shape index (κ1) is 13.9. The Morgan fingerprint density at radius 1 is 1.14 bits per heavy atom. The Labute approximate surface area is 122 Å². The molecule has 3 rings (SSSR count). The second-order valence-electron chi connectivity index (χ2n) is 5.28. The summed E-state index contributed by atoms with van der Waals surface area (Å²) in [6.45, 7) is 0. The highest BCUT2D eigenvalue weighted by atomic mass is 19.1. The minimum Gasteiger partial charge on any atom is -0.497 e. The maximum Gasteiger partial charge on any atom is 0.149 e. The minimum absolute atomic E-state index is 0.0413. The second-order valence-corrected chi connectivity index (χ2v) is 5.28. The van der Waals surface area contributed by atoms with E-state index in [0.717, 1.165) is 36.6 Å². The average Bonchev–Trinajstić information content (AvgIpc) is 2.49. The molecule has 0 bridgehead atoms. The number of fused-ring (bicyclic) bond motifs is 1. The van der Waals surface area contributed by atoms with Crippen molar-refractivity contribution >= 4 is 5.69 Å². The molecular formula is C17H17F2NO. The van der Waals surface area contributed by atoms with E-state index in [0.29, 0.717) is 5.69 Å². The maximum atomic E-state index is 13.8. The van der Waals surface area contributed by atoms with Gasteiger partial charge < -0.3 is 10.1 Å². The number of rotatable bonds is 3. The molecule has 2 nitrogen and oxygen atoms in total. The van der Waals surface area contributed by atoms with Crippen molar-refractivity contribution in [1.82, 2.24) is 0 Å². The van der Waals surface area contributed by atoms with Crippen LogP contribution in [0.25, 0.3) is 0 Å². The second kappa shape index (κ2) is 5.72. The number of nitrogens with one attached hydrogen (secondary N) is 1. The van der Waals surface area contributed by atoms with Crippen molar-refractivity contribution < 1.29 is 13.5 Å². The number of methoxy groups -OCH3 is 1. The van der Waals surface area contributed by atoms with Gasteiger partial charge in [-0.15, -0.1) is 0 Å². The van der Waals surface area contributed by atoms with E-state index in [1.54, 1.807) is 7.11 Å². The fourth-order valence-electron chi connectivity index (χ4n) is 2.86. The summed E-state index contributed by atoms with van der Waals surface area (Å²) >= 11 is 0. The van der Waals surface area contributed by atoms with Crippen LogP contribution < -0.4 is 10.1 Å². The number of hydrogen-bond donors (Lipinski definition) is 1. The quantitative estimate of drug-likeness (QED) is 0.900. The SMILES string of the molecule is COc1ccc2c(c1)CCCC2Nc1ccc(F)cc1F. The lowest BCUT2D eigenvalue weighted by Gasteiger charge is -2.27. The first-order chi connectivity index (χ1) is 10.2. The third kappa shape index (κ3) is 2.84. The zero-order valence-electron chi connectivity index (χ0n) is 11.8. The van der Waals surface area contributed by atoms with E-state index < -0.39 is 11.6 Å². The predicted molar refractivity (Wildman–Crippen MR) is 78.7 cm³/mol. The van der Waals surface area contributed by atoms with Crippen molar-refractivity contribution in [3.63, 3.8) is 0 Å². The van der Waals surface area contributed by atoms with Gasteiger partial charge in [0.1, 0.15) is 17.4 Å². The summed E-state index contributed by atoms with van der Waals surface area (Å²) in [6.07, 6.45) is 2.95. The monoisotopic (exact) mass is 289 g/mol. The van der Waals surface area contributed by atoms with Gasteiger partial charge in [-0.1, -0.05) is 6.07 Å². The Morgan fingerprint density at radius 3 is 2.76 bits per heavy atom. The first-order valence-electron chi connectivity index (χ1n) is 7.06. The minimum atomic E-state index is -0.563. The van der Waals surface area contributed by atoms with Gasteiger partial charge in [0.25, 0.3) is 0 Å². The van der Waals surface area contributed by atoms with E-state index in [4.69, 9.17) is 4.74 Å². The van der Waals surface area contributed by atoms with Crippen LogP contribution in [0.5, 0.6) is 5.75 Å². The van der Waals surface area contributed by atoms with Crippen molar-refractivity contribution in [2.75, 3.05) is 12.4 Å². The molecule has 0 radical (unpaired) electrons. The molecule has 110 valence electrons. The Bertz CT molecular complexity index is 657. The van der Waals surface area contributed by atoms with E-state index in [2.05, 4.69) is 5.32 Å². The zero-order valence-corrected chi connectivity index (χ0v) is 11.8. The Morgan fingerprint density at radius 2 is 2.00 bits per heavy atom. The molecule has 0 saturated heterocycles. The van der Waals surface area contributed by atoms with Gasteiger partial charge >= 0.3 is 0 Å². The summed E-state index contributed by atoms with van der Waals surface area (Å²) in [7, 11) is 1.65. The normalized spacial score (nSPS) is 17.2. The molecule has 1 N–H and O–H groups in total. The van der Waals surface area contributed by atoms with E-state index >= 15 is 0 Å². The molecule has 0 aliphatic heterocycles. The van der Waals surface area contributed by atoms with Crippen molar-refractivity contribution in [1.29, 1.82) is 0 Å². The van der Waals surface area contributed by atoms with Gasteiger partial charge in [-0.25, -0.2) is 8.78 Å². The molecule has 4 heteroatoms. The molecule has 0 spiro atoms. The fourth-order valence-corrected chi connectivity index (χ4v) is 2.86. The van der Waals surface area contributed by atoms with Crippen molar-refractivity contribution in [2.24, 2.45) is 0 Å². The molecule has 1 unspecified atom stereocenters. The smallest absolute Gasteiger partial charge is 0.149 e. The fraction of sp³-hybridized carbons (Fsp3) is 0.294. The van der Waals surface area contributed by atoms with E-state index in [1.807, 2.05) is 18.2 Å². The number of hydrogen-bond acceptors (Lipinski definition) is 2. The van der Waals surface area contributed by atoms with Crippen LogP contribution >= 0.6 is 0 Å². The molecule has 0 amide bonds. The van der Waals surface area contributed by atoms with Crippen molar-refractivity contribution in [2.45, 2.75) is 25.3 Å². The highest BCUT2D eigenvalue weighted by Gasteiger charge is 2.21. The summed E-state index contributed by atoms with van der Waals surface area (Å²) in [4.78, 5) is 0. The van der Waals surface area contributed by atoms with Crippen LogP contribution in [0.3, 0.4) is 0 Å². The van der Waals surface area contributed by atoms with Gasteiger partial charge in [0, 0.05) is 6.07 Å². The highest BCUT2D eigenvalue weighted by Crippen LogP contribution is 2.35. The van der Waals surface area contributed by atoms with E-state index in [-0.39, 0.29) is 6.04 Å². The largest absolute Gasteiger partial charge is 0.497 e. The molecule has 2 aromatic rings. The first-order valence-corrected chi connectivity index (χ1v) is 7.06. The van der Waals surface area contributed by atoms with Crippen LogP contribution in [-0.4, -0.2) is 7.11 Å². The zero-order chi connectivity index (χ0) is 14.8. The highest BCUT2D eigenvalue weighted by molar-refractivity contribution is 5.49.